The first-order valence-corrected chi connectivity index (χ1v) is 7.76. The van der Waals surface area contributed by atoms with Gasteiger partial charge in [0.15, 0.2) is 0 Å². The Kier molecular flexibility index (Phi) is 4.81. The average molecular weight is 379 g/mol. The quantitative estimate of drug-likeness (QED) is 0.769. The number of carbonyl (C=O) groups is 1. The van der Waals surface area contributed by atoms with E-state index in [1.807, 2.05) is 44.2 Å². The number of hydrogen-bond acceptors (Lipinski definition) is 1. The van der Waals surface area contributed by atoms with Gasteiger partial charge in [0.05, 0.1) is 0 Å². The van der Waals surface area contributed by atoms with Crippen molar-refractivity contribution in [1.29, 1.82) is 0 Å². The molecule has 1 N–H and O–H groups in total. The van der Waals surface area contributed by atoms with Gasteiger partial charge in [0, 0.05) is 14.8 Å². The van der Waals surface area contributed by atoms with Crippen molar-refractivity contribution in [2.24, 2.45) is 0 Å². The highest BCUT2D eigenvalue weighted by Crippen LogP contribution is 2.22. The van der Waals surface area contributed by atoms with Crippen LogP contribution in [0.15, 0.2) is 36.4 Å². The Labute approximate surface area is 133 Å². The molecule has 3 heteroatoms. The highest BCUT2D eigenvalue weighted by atomic mass is 127. The molecule has 2 aromatic carbocycles. The third kappa shape index (κ3) is 3.20. The van der Waals surface area contributed by atoms with Crippen LogP contribution in [0, 0.1) is 17.4 Å². The maximum absolute atomic E-state index is 12.4. The van der Waals surface area contributed by atoms with Gasteiger partial charge in [-0.3, -0.25) is 4.79 Å². The SMILES string of the molecule is CCc1cccc(C)c1NC(=O)c1ccc(C)c(I)c1. The minimum atomic E-state index is -0.0492. The van der Waals surface area contributed by atoms with Crippen molar-refractivity contribution < 1.29 is 4.79 Å². The molecule has 0 saturated heterocycles. The number of anilines is 1. The Bertz CT molecular complexity index is 649. The Morgan fingerprint density at radius 2 is 1.90 bits per heavy atom. The number of benzene rings is 2. The van der Waals surface area contributed by atoms with Gasteiger partial charge in [-0.15, -0.1) is 0 Å². The standard InChI is InChI=1S/C17H18INO/c1-4-13-7-5-6-12(3)16(13)19-17(20)14-9-8-11(2)15(18)10-14/h5-10H,4H2,1-3H3,(H,19,20). The minimum absolute atomic E-state index is 0.0492. The fourth-order valence-corrected chi connectivity index (χ4v) is 2.64. The van der Waals surface area contributed by atoms with Gasteiger partial charge >= 0.3 is 0 Å². The van der Waals surface area contributed by atoms with Crippen LogP contribution in [0.1, 0.15) is 34.0 Å². The first-order chi connectivity index (χ1) is 9.52. The Hall–Kier alpha value is -1.36. The number of hydrogen-bond donors (Lipinski definition) is 1. The van der Waals surface area contributed by atoms with Crippen LogP contribution in [0.5, 0.6) is 0 Å². The van der Waals surface area contributed by atoms with Crippen molar-refractivity contribution in [3.63, 3.8) is 0 Å². The van der Waals surface area contributed by atoms with E-state index < -0.39 is 0 Å². The number of carbonyl (C=O) groups excluding carboxylic acids is 1. The zero-order valence-electron chi connectivity index (χ0n) is 12.0. The van der Waals surface area contributed by atoms with Gasteiger partial charge in [-0.1, -0.05) is 31.2 Å². The van der Waals surface area contributed by atoms with Crippen LogP contribution < -0.4 is 5.32 Å². The first-order valence-electron chi connectivity index (χ1n) is 6.69. The summed E-state index contributed by atoms with van der Waals surface area (Å²) in [4.78, 5) is 12.4. The highest BCUT2D eigenvalue weighted by molar-refractivity contribution is 14.1. The van der Waals surface area contributed by atoms with Crippen LogP contribution in [0.4, 0.5) is 5.69 Å². The van der Waals surface area contributed by atoms with Crippen LogP contribution >= 0.6 is 22.6 Å². The molecule has 104 valence electrons. The van der Waals surface area contributed by atoms with E-state index in [4.69, 9.17) is 0 Å². The Morgan fingerprint density at radius 1 is 1.15 bits per heavy atom. The van der Waals surface area contributed by atoms with E-state index in [9.17, 15) is 4.79 Å². The summed E-state index contributed by atoms with van der Waals surface area (Å²) in [6, 6.07) is 11.9. The summed E-state index contributed by atoms with van der Waals surface area (Å²) < 4.78 is 1.11. The van der Waals surface area contributed by atoms with E-state index in [0.29, 0.717) is 5.56 Å². The summed E-state index contributed by atoms with van der Waals surface area (Å²) in [6.07, 6.45) is 0.905. The molecule has 0 bridgehead atoms. The molecule has 0 spiro atoms. The molecule has 0 aliphatic heterocycles. The third-order valence-corrected chi connectivity index (χ3v) is 4.57. The van der Waals surface area contributed by atoms with Crippen LogP contribution in [0.3, 0.4) is 0 Å². The number of para-hydroxylation sites is 1. The Morgan fingerprint density at radius 3 is 2.55 bits per heavy atom. The molecule has 0 aliphatic carbocycles. The molecule has 1 amide bonds. The summed E-state index contributed by atoms with van der Waals surface area (Å²) in [5.74, 6) is -0.0492. The van der Waals surface area contributed by atoms with Crippen molar-refractivity contribution in [1.82, 2.24) is 0 Å². The molecule has 0 saturated carbocycles. The zero-order valence-corrected chi connectivity index (χ0v) is 14.1. The zero-order chi connectivity index (χ0) is 14.7. The van der Waals surface area contributed by atoms with E-state index in [0.717, 1.165) is 21.2 Å². The molecule has 0 atom stereocenters. The van der Waals surface area contributed by atoms with Crippen molar-refractivity contribution in [2.75, 3.05) is 5.32 Å². The number of rotatable bonds is 3. The summed E-state index contributed by atoms with van der Waals surface area (Å²) in [7, 11) is 0. The summed E-state index contributed by atoms with van der Waals surface area (Å²) in [5, 5.41) is 3.05. The van der Waals surface area contributed by atoms with Gasteiger partial charge in [0.2, 0.25) is 0 Å². The minimum Gasteiger partial charge on any atom is -0.321 e. The second-order valence-electron chi connectivity index (χ2n) is 4.88. The topological polar surface area (TPSA) is 29.1 Å². The molecule has 0 fully saturated rings. The maximum atomic E-state index is 12.4. The fourth-order valence-electron chi connectivity index (χ4n) is 2.12. The van der Waals surface area contributed by atoms with Crippen LogP contribution in [0.2, 0.25) is 0 Å². The predicted octanol–water partition coefficient (Wildman–Crippen LogP) is 4.72. The van der Waals surface area contributed by atoms with Crippen molar-refractivity contribution in [3.05, 3.63) is 62.2 Å². The average Bonchev–Trinajstić information content (AvgIpc) is 2.44. The van der Waals surface area contributed by atoms with Gasteiger partial charge in [-0.05, 0) is 71.7 Å². The lowest BCUT2D eigenvalue weighted by atomic mass is 10.1. The van der Waals surface area contributed by atoms with Gasteiger partial charge in [0.25, 0.3) is 5.91 Å². The molecule has 20 heavy (non-hydrogen) atoms. The predicted molar refractivity (Wildman–Crippen MR) is 92.4 cm³/mol. The molecule has 0 aliphatic rings. The first kappa shape index (κ1) is 15.0. The van der Waals surface area contributed by atoms with E-state index >= 15 is 0 Å². The number of nitrogens with one attached hydrogen (secondary N) is 1. The van der Waals surface area contributed by atoms with Gasteiger partial charge < -0.3 is 5.32 Å². The third-order valence-electron chi connectivity index (χ3n) is 3.41. The summed E-state index contributed by atoms with van der Waals surface area (Å²) >= 11 is 2.26. The van der Waals surface area contributed by atoms with Gasteiger partial charge in [-0.2, -0.15) is 0 Å². The van der Waals surface area contributed by atoms with Crippen LogP contribution in [0.25, 0.3) is 0 Å². The van der Waals surface area contributed by atoms with Crippen LogP contribution in [-0.4, -0.2) is 5.91 Å². The molecule has 0 aromatic heterocycles. The number of aryl methyl sites for hydroxylation is 3. The van der Waals surface area contributed by atoms with Crippen LogP contribution in [-0.2, 0) is 6.42 Å². The molecule has 0 radical (unpaired) electrons. The highest BCUT2D eigenvalue weighted by Gasteiger charge is 2.11. The molecule has 0 heterocycles. The van der Waals surface area contributed by atoms with E-state index in [1.165, 1.54) is 11.1 Å². The molecule has 2 nitrogen and oxygen atoms in total. The van der Waals surface area contributed by atoms with Gasteiger partial charge in [0.1, 0.15) is 0 Å². The normalized spacial score (nSPS) is 10.4. The molecular weight excluding hydrogens is 361 g/mol. The Balaban J connectivity index is 2.30. The second-order valence-corrected chi connectivity index (χ2v) is 6.04. The summed E-state index contributed by atoms with van der Waals surface area (Å²) in [5.41, 5.74) is 5.09. The largest absolute Gasteiger partial charge is 0.321 e. The summed E-state index contributed by atoms with van der Waals surface area (Å²) in [6.45, 7) is 6.16. The molecule has 2 rings (SSSR count). The lowest BCUT2D eigenvalue weighted by Gasteiger charge is -2.13. The monoisotopic (exact) mass is 379 g/mol. The number of halogens is 1. The van der Waals surface area contributed by atoms with E-state index in [2.05, 4.69) is 40.9 Å². The lowest BCUT2D eigenvalue weighted by molar-refractivity contribution is 0.102. The second kappa shape index (κ2) is 6.39. The van der Waals surface area contributed by atoms with E-state index in [-0.39, 0.29) is 5.91 Å². The number of amides is 1. The molecular formula is C17H18INO. The van der Waals surface area contributed by atoms with Gasteiger partial charge in [-0.25, -0.2) is 0 Å². The van der Waals surface area contributed by atoms with Crippen molar-refractivity contribution in [2.45, 2.75) is 27.2 Å². The lowest BCUT2D eigenvalue weighted by Crippen LogP contribution is -2.14. The smallest absolute Gasteiger partial charge is 0.255 e. The fraction of sp³-hybridized carbons (Fsp3) is 0.235. The van der Waals surface area contributed by atoms with Crippen molar-refractivity contribution in [3.8, 4) is 0 Å². The molecule has 0 unspecified atom stereocenters. The van der Waals surface area contributed by atoms with Crippen molar-refractivity contribution >= 4 is 34.2 Å². The van der Waals surface area contributed by atoms with E-state index in [1.54, 1.807) is 0 Å². The maximum Gasteiger partial charge on any atom is 0.255 e. The molecule has 2 aromatic rings.